The number of nitrogens with one attached hydrogen (secondary N) is 2. The maximum absolute atomic E-state index is 13.0. The van der Waals surface area contributed by atoms with Crippen LogP contribution in [0.1, 0.15) is 30.5 Å². The van der Waals surface area contributed by atoms with Gasteiger partial charge in [-0.15, -0.1) is 0 Å². The van der Waals surface area contributed by atoms with Crippen molar-refractivity contribution in [3.05, 3.63) is 71.7 Å². The first-order valence-electron chi connectivity index (χ1n) is 9.06. The van der Waals surface area contributed by atoms with Crippen LogP contribution < -0.4 is 10.8 Å². The Kier molecular flexibility index (Phi) is 6.26. The molecule has 1 aliphatic rings. The van der Waals surface area contributed by atoms with E-state index in [1.165, 1.54) is 23.3 Å². The molecule has 1 heterocycles. The summed E-state index contributed by atoms with van der Waals surface area (Å²) in [5, 5.41) is 3.41. The Morgan fingerprint density at radius 2 is 2.04 bits per heavy atom. The minimum Gasteiger partial charge on any atom is -0.362 e. The molecule has 1 atom stereocenters. The first-order valence-corrected chi connectivity index (χ1v) is 9.06. The SMILES string of the molecule is CC/C=C\Nc1cccc2c1CCN(C)C2CONc1ccc(F)cc1. The van der Waals surface area contributed by atoms with Crippen LogP contribution in [-0.2, 0) is 11.3 Å². The second-order valence-electron chi connectivity index (χ2n) is 6.49. The summed E-state index contributed by atoms with van der Waals surface area (Å²) in [5.41, 5.74) is 7.45. The van der Waals surface area contributed by atoms with Gasteiger partial charge in [-0.25, -0.2) is 4.39 Å². The lowest BCUT2D eigenvalue weighted by Gasteiger charge is -2.35. The van der Waals surface area contributed by atoms with Crippen LogP contribution in [0.4, 0.5) is 15.8 Å². The third-order valence-electron chi connectivity index (χ3n) is 4.69. The van der Waals surface area contributed by atoms with E-state index in [4.69, 9.17) is 4.84 Å². The van der Waals surface area contributed by atoms with Gasteiger partial charge in [0.2, 0.25) is 0 Å². The molecule has 0 aromatic heterocycles. The molecule has 0 radical (unpaired) electrons. The van der Waals surface area contributed by atoms with Gasteiger partial charge in [-0.3, -0.25) is 15.2 Å². The van der Waals surface area contributed by atoms with E-state index in [-0.39, 0.29) is 11.9 Å². The maximum Gasteiger partial charge on any atom is 0.123 e. The van der Waals surface area contributed by atoms with E-state index in [1.54, 1.807) is 12.1 Å². The molecule has 0 bridgehead atoms. The van der Waals surface area contributed by atoms with Gasteiger partial charge >= 0.3 is 0 Å². The fourth-order valence-corrected chi connectivity index (χ4v) is 3.22. The summed E-state index contributed by atoms with van der Waals surface area (Å²) >= 11 is 0. The summed E-state index contributed by atoms with van der Waals surface area (Å²) in [6, 6.07) is 12.7. The zero-order valence-electron chi connectivity index (χ0n) is 15.3. The van der Waals surface area contributed by atoms with Crippen molar-refractivity contribution in [1.29, 1.82) is 0 Å². The quantitative estimate of drug-likeness (QED) is 0.704. The summed E-state index contributed by atoms with van der Waals surface area (Å²) in [7, 11) is 2.12. The van der Waals surface area contributed by atoms with E-state index in [0.717, 1.165) is 30.8 Å². The Hall–Kier alpha value is -2.37. The van der Waals surface area contributed by atoms with Gasteiger partial charge in [-0.2, -0.15) is 0 Å². The monoisotopic (exact) mass is 355 g/mol. The molecule has 1 aliphatic heterocycles. The van der Waals surface area contributed by atoms with Crippen molar-refractivity contribution >= 4 is 11.4 Å². The fraction of sp³-hybridized carbons (Fsp3) is 0.333. The van der Waals surface area contributed by atoms with Gasteiger partial charge in [0.05, 0.1) is 18.3 Å². The molecule has 138 valence electrons. The third kappa shape index (κ3) is 4.42. The molecule has 3 rings (SSSR count). The van der Waals surface area contributed by atoms with Gasteiger partial charge in [-0.1, -0.05) is 25.1 Å². The summed E-state index contributed by atoms with van der Waals surface area (Å²) in [4.78, 5) is 8.02. The Morgan fingerprint density at radius 1 is 1.23 bits per heavy atom. The smallest absolute Gasteiger partial charge is 0.123 e. The number of fused-ring (bicyclic) bond motifs is 1. The number of hydrogen-bond acceptors (Lipinski definition) is 4. The Labute approximate surface area is 154 Å². The predicted molar refractivity (Wildman–Crippen MR) is 105 cm³/mol. The van der Waals surface area contributed by atoms with Gasteiger partial charge < -0.3 is 5.32 Å². The van der Waals surface area contributed by atoms with Gasteiger partial charge in [0.1, 0.15) is 5.82 Å². The molecule has 5 heteroatoms. The highest BCUT2D eigenvalue weighted by Crippen LogP contribution is 2.33. The lowest BCUT2D eigenvalue weighted by molar-refractivity contribution is 0.0984. The van der Waals surface area contributed by atoms with Gasteiger partial charge in [-0.05, 0) is 67.5 Å². The summed E-state index contributed by atoms with van der Waals surface area (Å²) < 4.78 is 13.0. The predicted octanol–water partition coefficient (Wildman–Crippen LogP) is 4.73. The Bertz CT molecular complexity index is 745. The highest BCUT2D eigenvalue weighted by molar-refractivity contribution is 5.58. The van der Waals surface area contributed by atoms with Gasteiger partial charge in [0, 0.05) is 12.2 Å². The number of nitrogens with zero attached hydrogens (tertiary/aromatic N) is 1. The molecule has 26 heavy (non-hydrogen) atoms. The Morgan fingerprint density at radius 3 is 2.81 bits per heavy atom. The molecule has 0 aliphatic carbocycles. The van der Waals surface area contributed by atoms with Crippen LogP contribution in [-0.4, -0.2) is 25.1 Å². The van der Waals surface area contributed by atoms with E-state index in [2.05, 4.69) is 53.9 Å². The van der Waals surface area contributed by atoms with E-state index in [0.29, 0.717) is 6.61 Å². The van der Waals surface area contributed by atoms with Crippen LogP contribution >= 0.6 is 0 Å². The normalized spacial score (nSPS) is 17.3. The first-order chi connectivity index (χ1) is 12.7. The van der Waals surface area contributed by atoms with Crippen LogP contribution in [0.2, 0.25) is 0 Å². The number of allylic oxidation sites excluding steroid dienone is 1. The summed E-state index contributed by atoms with van der Waals surface area (Å²) in [5.74, 6) is -0.256. The molecule has 0 amide bonds. The van der Waals surface area contributed by atoms with Gasteiger partial charge in [0.25, 0.3) is 0 Å². The van der Waals surface area contributed by atoms with Crippen molar-refractivity contribution in [1.82, 2.24) is 4.90 Å². The maximum atomic E-state index is 13.0. The van der Waals surface area contributed by atoms with E-state index in [1.807, 2.05) is 6.20 Å². The van der Waals surface area contributed by atoms with Crippen LogP contribution in [0.25, 0.3) is 0 Å². The number of anilines is 2. The fourth-order valence-electron chi connectivity index (χ4n) is 3.22. The lowest BCUT2D eigenvalue weighted by Crippen LogP contribution is -2.35. The standard InChI is InChI=1S/C21H26FN3O/c1-3-4-13-23-20-7-5-6-19-18(20)12-14-25(2)21(19)15-26-24-17-10-8-16(22)9-11-17/h4-11,13,21,23-24H,3,12,14-15H2,1-2H3/b13-4-. The molecule has 2 aromatic rings. The molecular formula is C21H26FN3O. The van der Waals surface area contributed by atoms with Gasteiger partial charge in [0.15, 0.2) is 0 Å². The van der Waals surface area contributed by atoms with E-state index < -0.39 is 0 Å². The lowest BCUT2D eigenvalue weighted by atomic mass is 9.92. The zero-order valence-corrected chi connectivity index (χ0v) is 15.3. The average Bonchev–Trinajstić information content (AvgIpc) is 2.65. The van der Waals surface area contributed by atoms with Crippen LogP contribution in [0.3, 0.4) is 0 Å². The molecule has 0 spiro atoms. The average molecular weight is 355 g/mol. The zero-order chi connectivity index (χ0) is 18.4. The molecule has 0 fully saturated rings. The minimum atomic E-state index is -0.256. The van der Waals surface area contributed by atoms with Crippen LogP contribution in [0, 0.1) is 5.82 Å². The second-order valence-corrected chi connectivity index (χ2v) is 6.49. The Balaban J connectivity index is 1.69. The number of rotatable bonds is 7. The van der Waals surface area contributed by atoms with Crippen molar-refractivity contribution in [2.24, 2.45) is 0 Å². The number of hydrogen-bond donors (Lipinski definition) is 2. The largest absolute Gasteiger partial charge is 0.362 e. The topological polar surface area (TPSA) is 36.5 Å². The number of likely N-dealkylation sites (N-methyl/N-ethyl adjacent to an activating group) is 1. The van der Waals surface area contributed by atoms with E-state index in [9.17, 15) is 4.39 Å². The number of benzene rings is 2. The summed E-state index contributed by atoms with van der Waals surface area (Å²) in [6.45, 7) is 3.61. The minimum absolute atomic E-state index is 0.170. The third-order valence-corrected chi connectivity index (χ3v) is 4.69. The molecule has 2 N–H and O–H groups in total. The van der Waals surface area contributed by atoms with Crippen molar-refractivity contribution in [2.75, 3.05) is 31.0 Å². The molecule has 0 saturated carbocycles. The molecule has 2 aromatic carbocycles. The first kappa shape index (κ1) is 18.4. The van der Waals surface area contributed by atoms with Crippen molar-refractivity contribution < 1.29 is 9.23 Å². The molecule has 4 nitrogen and oxygen atoms in total. The number of halogens is 1. The molecular weight excluding hydrogens is 329 g/mol. The van der Waals surface area contributed by atoms with Crippen LogP contribution in [0.15, 0.2) is 54.7 Å². The van der Waals surface area contributed by atoms with Crippen LogP contribution in [0.5, 0.6) is 0 Å². The molecule has 1 unspecified atom stereocenters. The van der Waals surface area contributed by atoms with E-state index >= 15 is 0 Å². The van der Waals surface area contributed by atoms with Crippen molar-refractivity contribution in [3.8, 4) is 0 Å². The molecule has 0 saturated heterocycles. The van der Waals surface area contributed by atoms with Crippen molar-refractivity contribution in [3.63, 3.8) is 0 Å². The second kappa shape index (κ2) is 8.83. The highest BCUT2D eigenvalue weighted by atomic mass is 19.1. The van der Waals surface area contributed by atoms with Crippen molar-refractivity contribution in [2.45, 2.75) is 25.8 Å². The highest BCUT2D eigenvalue weighted by Gasteiger charge is 2.26. The summed E-state index contributed by atoms with van der Waals surface area (Å²) in [6.07, 6.45) is 6.14.